The lowest BCUT2D eigenvalue weighted by Gasteiger charge is -2.13. The minimum Gasteiger partial charge on any atom is -0.351 e. The van der Waals surface area contributed by atoms with E-state index >= 15 is 0 Å². The zero-order chi connectivity index (χ0) is 15.9. The molecule has 1 heterocycles. The number of rotatable bonds is 7. The lowest BCUT2D eigenvalue weighted by molar-refractivity contribution is 0.0948. The second-order valence-corrected chi connectivity index (χ2v) is 7.45. The highest BCUT2D eigenvalue weighted by Crippen LogP contribution is 2.14. The van der Waals surface area contributed by atoms with Gasteiger partial charge in [-0.1, -0.05) is 8.73 Å². The van der Waals surface area contributed by atoms with Crippen molar-refractivity contribution < 1.29 is 4.79 Å². The molecule has 1 aromatic carbocycles. The van der Waals surface area contributed by atoms with Gasteiger partial charge in [0.1, 0.15) is 5.69 Å². The molecule has 0 aliphatic rings. The van der Waals surface area contributed by atoms with E-state index in [4.69, 9.17) is 0 Å². The van der Waals surface area contributed by atoms with Gasteiger partial charge in [-0.05, 0) is 67.3 Å². The summed E-state index contributed by atoms with van der Waals surface area (Å²) in [5, 5.41) is 2.91. The van der Waals surface area contributed by atoms with Crippen molar-refractivity contribution in [3.05, 3.63) is 33.7 Å². The van der Waals surface area contributed by atoms with Gasteiger partial charge in [0.2, 0.25) is 0 Å². The largest absolute Gasteiger partial charge is 0.351 e. The Balaban J connectivity index is 1.86. The molecule has 1 aromatic heterocycles. The number of unbranched alkanes of at least 4 members (excludes halogenated alkanes) is 1. The number of halogens is 1. The van der Waals surface area contributed by atoms with Gasteiger partial charge in [0.15, 0.2) is 0 Å². The maximum atomic E-state index is 12.1. The highest BCUT2D eigenvalue weighted by atomic mass is 127. The maximum absolute atomic E-state index is 12.1. The molecule has 0 saturated carbocycles. The van der Waals surface area contributed by atoms with Crippen LogP contribution in [0.2, 0.25) is 0 Å². The number of hydrogen-bond acceptors (Lipinski definition) is 4. The molecule has 0 fully saturated rings. The average Bonchev–Trinajstić information content (AvgIpc) is 2.53. The predicted octanol–water partition coefficient (Wildman–Crippen LogP) is 2.90. The normalized spacial score (nSPS) is 11.6. The van der Waals surface area contributed by atoms with E-state index in [2.05, 4.69) is 56.3 Å². The van der Waals surface area contributed by atoms with Crippen molar-refractivity contribution in [1.29, 1.82) is 0 Å². The van der Waals surface area contributed by atoms with Crippen molar-refractivity contribution in [3.8, 4) is 0 Å². The van der Waals surface area contributed by atoms with E-state index in [1.807, 2.05) is 18.2 Å². The number of fused-ring (bicyclic) bond motifs is 1. The van der Waals surface area contributed by atoms with Crippen molar-refractivity contribution >= 4 is 48.3 Å². The summed E-state index contributed by atoms with van der Waals surface area (Å²) in [7, 11) is 2.95. The number of carbonyl (C=O) groups excluding carboxylic acids is 1. The minimum atomic E-state index is -0.154. The number of nitrogens with one attached hydrogen (secondary N) is 1. The number of carbonyl (C=O) groups is 1. The molecule has 22 heavy (non-hydrogen) atoms. The fourth-order valence-corrected chi connectivity index (χ4v) is 2.83. The molecule has 5 nitrogen and oxygen atoms in total. The number of amides is 1. The summed E-state index contributed by atoms with van der Waals surface area (Å²) in [6, 6.07) is 5.81. The standard InChI is InChI=1S/C15H20IN4OP/c1-20(22-2)8-4-3-7-17-15(21)14-10-18-13-9-11(16)5-6-12(13)19-14/h5-6,9-10,22H,3-4,7-8H2,1-2H3,(H,17,21). The topological polar surface area (TPSA) is 58.1 Å². The van der Waals surface area contributed by atoms with Crippen molar-refractivity contribution in [3.63, 3.8) is 0 Å². The summed E-state index contributed by atoms with van der Waals surface area (Å²) in [6.45, 7) is 3.91. The Morgan fingerprint density at radius 1 is 1.36 bits per heavy atom. The first-order valence-electron chi connectivity index (χ1n) is 7.19. The third-order valence-electron chi connectivity index (χ3n) is 3.32. The zero-order valence-electron chi connectivity index (χ0n) is 12.8. The van der Waals surface area contributed by atoms with Gasteiger partial charge in [-0.25, -0.2) is 4.98 Å². The molecule has 0 bridgehead atoms. The van der Waals surface area contributed by atoms with Crippen molar-refractivity contribution in [2.24, 2.45) is 0 Å². The Morgan fingerprint density at radius 2 is 2.18 bits per heavy atom. The smallest absolute Gasteiger partial charge is 0.271 e. The van der Waals surface area contributed by atoms with Crippen LogP contribution in [0.5, 0.6) is 0 Å². The van der Waals surface area contributed by atoms with Crippen LogP contribution in [-0.2, 0) is 0 Å². The number of benzene rings is 1. The van der Waals surface area contributed by atoms with Crippen LogP contribution in [-0.4, -0.2) is 47.3 Å². The van der Waals surface area contributed by atoms with Crippen LogP contribution in [0.1, 0.15) is 23.3 Å². The molecular formula is C15H20IN4OP. The van der Waals surface area contributed by atoms with Gasteiger partial charge >= 0.3 is 0 Å². The molecule has 0 spiro atoms. The lowest BCUT2D eigenvalue weighted by Crippen LogP contribution is -2.26. The monoisotopic (exact) mass is 430 g/mol. The number of aromatic nitrogens is 2. The summed E-state index contributed by atoms with van der Waals surface area (Å²) in [5.74, 6) is -0.154. The quantitative estimate of drug-likeness (QED) is 0.417. The summed E-state index contributed by atoms with van der Waals surface area (Å²) < 4.78 is 3.40. The van der Waals surface area contributed by atoms with Gasteiger partial charge in [0, 0.05) is 16.7 Å². The second kappa shape index (κ2) is 8.70. The Kier molecular flexibility index (Phi) is 6.92. The molecule has 0 radical (unpaired) electrons. The molecule has 7 heteroatoms. The van der Waals surface area contributed by atoms with E-state index in [0.717, 1.165) is 42.7 Å². The SMILES string of the molecule is CPN(C)CCCCNC(=O)c1cnc2cc(I)ccc2n1. The third-order valence-corrected chi connectivity index (χ3v) is 4.98. The molecular weight excluding hydrogens is 410 g/mol. The first-order valence-corrected chi connectivity index (χ1v) is 9.72. The van der Waals surface area contributed by atoms with E-state index < -0.39 is 0 Å². The first-order chi connectivity index (χ1) is 10.6. The molecule has 118 valence electrons. The molecule has 0 saturated heterocycles. The highest BCUT2D eigenvalue weighted by Gasteiger charge is 2.08. The Bertz CT molecular complexity index is 652. The zero-order valence-corrected chi connectivity index (χ0v) is 15.9. The van der Waals surface area contributed by atoms with Gasteiger partial charge in [-0.15, -0.1) is 0 Å². The van der Waals surface area contributed by atoms with Gasteiger partial charge in [0.05, 0.1) is 17.2 Å². The molecule has 1 unspecified atom stereocenters. The molecule has 1 amide bonds. The van der Waals surface area contributed by atoms with E-state index in [9.17, 15) is 4.79 Å². The van der Waals surface area contributed by atoms with Crippen LogP contribution in [0.25, 0.3) is 11.0 Å². The van der Waals surface area contributed by atoms with Crippen molar-refractivity contribution in [2.45, 2.75) is 12.8 Å². The van der Waals surface area contributed by atoms with E-state index in [1.165, 1.54) is 0 Å². The summed E-state index contributed by atoms with van der Waals surface area (Å²) in [5.41, 5.74) is 1.94. The minimum absolute atomic E-state index is 0.154. The molecule has 2 aromatic rings. The Morgan fingerprint density at radius 3 is 2.95 bits per heavy atom. The number of hydrogen-bond donors (Lipinski definition) is 1. The first kappa shape index (κ1) is 17.5. The van der Waals surface area contributed by atoms with Crippen LogP contribution >= 0.6 is 31.3 Å². The molecule has 2 rings (SSSR count). The molecule has 1 N–H and O–H groups in total. The predicted molar refractivity (Wildman–Crippen MR) is 101 cm³/mol. The Hall–Kier alpha value is -0.850. The van der Waals surface area contributed by atoms with Gasteiger partial charge in [0.25, 0.3) is 5.91 Å². The summed E-state index contributed by atoms with van der Waals surface area (Å²) >= 11 is 2.23. The van der Waals surface area contributed by atoms with E-state index in [1.54, 1.807) is 6.20 Å². The van der Waals surface area contributed by atoms with Crippen LogP contribution in [0.4, 0.5) is 0 Å². The summed E-state index contributed by atoms with van der Waals surface area (Å²) in [4.78, 5) is 20.8. The summed E-state index contributed by atoms with van der Waals surface area (Å²) in [6.07, 6.45) is 3.60. The molecule has 1 atom stereocenters. The number of nitrogens with zero attached hydrogens (tertiary/aromatic N) is 3. The maximum Gasteiger partial charge on any atom is 0.271 e. The van der Waals surface area contributed by atoms with Gasteiger partial charge < -0.3 is 5.32 Å². The van der Waals surface area contributed by atoms with Crippen LogP contribution in [0, 0.1) is 3.57 Å². The van der Waals surface area contributed by atoms with Crippen molar-refractivity contribution in [1.82, 2.24) is 20.0 Å². The van der Waals surface area contributed by atoms with Crippen LogP contribution < -0.4 is 5.32 Å². The fourth-order valence-electron chi connectivity index (χ4n) is 1.97. The van der Waals surface area contributed by atoms with Gasteiger partial charge in [-0.2, -0.15) is 0 Å². The van der Waals surface area contributed by atoms with Crippen LogP contribution in [0.3, 0.4) is 0 Å². The molecule has 0 aliphatic heterocycles. The van der Waals surface area contributed by atoms with E-state index in [0.29, 0.717) is 12.2 Å². The van der Waals surface area contributed by atoms with Gasteiger partial charge in [-0.3, -0.25) is 14.4 Å². The molecule has 0 aliphatic carbocycles. The average molecular weight is 430 g/mol. The fraction of sp³-hybridized carbons (Fsp3) is 0.400. The second-order valence-electron chi connectivity index (χ2n) is 5.00. The van der Waals surface area contributed by atoms with Crippen LogP contribution in [0.15, 0.2) is 24.4 Å². The highest BCUT2D eigenvalue weighted by molar-refractivity contribution is 14.1. The Labute approximate surface area is 146 Å². The van der Waals surface area contributed by atoms with E-state index in [-0.39, 0.29) is 5.91 Å². The third kappa shape index (κ3) is 5.11. The lowest BCUT2D eigenvalue weighted by atomic mass is 10.3. The van der Waals surface area contributed by atoms with Crippen molar-refractivity contribution in [2.75, 3.05) is 26.8 Å².